The number of anilines is 2. The summed E-state index contributed by atoms with van der Waals surface area (Å²) in [5, 5.41) is 15.7. The van der Waals surface area contributed by atoms with Gasteiger partial charge < -0.3 is 20.5 Å². The number of aliphatic hydroxyl groups excluding tert-OH is 1. The third-order valence-corrected chi connectivity index (χ3v) is 4.89. The Morgan fingerprint density at radius 1 is 1.16 bits per heavy atom. The molecule has 1 aliphatic carbocycles. The minimum atomic E-state index is 0.0564. The Labute approximate surface area is 147 Å². The lowest BCUT2D eigenvalue weighted by Gasteiger charge is -2.16. The van der Waals surface area contributed by atoms with Gasteiger partial charge >= 0.3 is 0 Å². The summed E-state index contributed by atoms with van der Waals surface area (Å²) in [5.74, 6) is 1.73. The summed E-state index contributed by atoms with van der Waals surface area (Å²) >= 11 is 0. The Morgan fingerprint density at radius 2 is 1.96 bits per heavy atom. The minimum absolute atomic E-state index is 0.0564. The predicted molar refractivity (Wildman–Crippen MR) is 97.0 cm³/mol. The van der Waals surface area contributed by atoms with E-state index in [4.69, 9.17) is 9.84 Å². The molecular weight excluding hydrogens is 316 g/mol. The number of ether oxygens (including phenoxy) is 1. The molecule has 3 N–H and O–H groups in total. The second-order valence-corrected chi connectivity index (χ2v) is 6.73. The van der Waals surface area contributed by atoms with Gasteiger partial charge in [-0.15, -0.1) is 0 Å². The highest BCUT2D eigenvalue weighted by molar-refractivity contribution is 5.46. The quantitative estimate of drug-likeness (QED) is 0.746. The second-order valence-electron chi connectivity index (χ2n) is 6.73. The lowest BCUT2D eigenvalue weighted by atomic mass is 10.0. The SMILES string of the molecule is OCCNc1nc(NC2Cc3ccccc3C2)cc([C@H]2CCOC2)n1. The highest BCUT2D eigenvalue weighted by Crippen LogP contribution is 2.28. The van der Waals surface area contributed by atoms with Crippen LogP contribution in [-0.2, 0) is 17.6 Å². The van der Waals surface area contributed by atoms with Crippen LogP contribution in [0.5, 0.6) is 0 Å². The van der Waals surface area contributed by atoms with Crippen LogP contribution in [0.25, 0.3) is 0 Å². The molecule has 6 nitrogen and oxygen atoms in total. The summed E-state index contributed by atoms with van der Waals surface area (Å²) in [6.45, 7) is 2.00. The van der Waals surface area contributed by atoms with E-state index in [1.807, 2.05) is 6.07 Å². The predicted octanol–water partition coefficient (Wildman–Crippen LogP) is 1.96. The van der Waals surface area contributed by atoms with E-state index in [1.54, 1.807) is 0 Å². The molecule has 1 aromatic heterocycles. The van der Waals surface area contributed by atoms with Gasteiger partial charge in [0.25, 0.3) is 0 Å². The van der Waals surface area contributed by atoms with Crippen LogP contribution in [0.3, 0.4) is 0 Å². The van der Waals surface area contributed by atoms with Gasteiger partial charge in [0.15, 0.2) is 0 Å². The van der Waals surface area contributed by atoms with E-state index in [2.05, 4.69) is 44.9 Å². The normalized spacial score (nSPS) is 19.8. The first kappa shape index (κ1) is 16.3. The molecule has 1 atom stereocenters. The summed E-state index contributed by atoms with van der Waals surface area (Å²) in [7, 11) is 0. The number of hydrogen-bond donors (Lipinski definition) is 3. The van der Waals surface area contributed by atoms with Crippen LogP contribution < -0.4 is 10.6 Å². The topological polar surface area (TPSA) is 79.3 Å². The van der Waals surface area contributed by atoms with Gasteiger partial charge in [-0.05, 0) is 30.4 Å². The molecular formula is C19H24N4O2. The van der Waals surface area contributed by atoms with Crippen molar-refractivity contribution in [1.82, 2.24) is 9.97 Å². The lowest BCUT2D eigenvalue weighted by molar-refractivity contribution is 0.193. The van der Waals surface area contributed by atoms with Crippen LogP contribution in [-0.4, -0.2) is 47.5 Å². The number of benzene rings is 1. The van der Waals surface area contributed by atoms with Crippen molar-refractivity contribution in [2.24, 2.45) is 0 Å². The molecule has 4 rings (SSSR count). The maximum Gasteiger partial charge on any atom is 0.224 e. The standard InChI is InChI=1S/C19H24N4O2/c24-7-6-20-19-22-17(15-5-8-25-12-15)11-18(23-19)21-16-9-13-3-1-2-4-14(13)10-16/h1-4,11,15-16,24H,5-10,12H2,(H2,20,21,22,23)/t15-/m0/s1. The number of hydrogen-bond acceptors (Lipinski definition) is 6. The fraction of sp³-hybridized carbons (Fsp3) is 0.474. The lowest BCUT2D eigenvalue weighted by Crippen LogP contribution is -2.21. The Balaban J connectivity index is 1.52. The number of nitrogens with zero attached hydrogens (tertiary/aromatic N) is 2. The van der Waals surface area contributed by atoms with Gasteiger partial charge in [-0.1, -0.05) is 24.3 Å². The van der Waals surface area contributed by atoms with Crippen LogP contribution in [0.15, 0.2) is 30.3 Å². The zero-order valence-electron chi connectivity index (χ0n) is 14.2. The summed E-state index contributed by atoms with van der Waals surface area (Å²) in [5.41, 5.74) is 3.83. The van der Waals surface area contributed by atoms with Gasteiger partial charge in [0.1, 0.15) is 5.82 Å². The molecule has 0 bridgehead atoms. The molecule has 25 heavy (non-hydrogen) atoms. The molecule has 1 aromatic carbocycles. The summed E-state index contributed by atoms with van der Waals surface area (Å²) < 4.78 is 5.51. The number of aliphatic hydroxyl groups is 1. The Kier molecular flexibility index (Phi) is 4.81. The first-order chi connectivity index (χ1) is 12.3. The monoisotopic (exact) mass is 340 g/mol. The number of nitrogens with one attached hydrogen (secondary N) is 2. The van der Waals surface area contributed by atoms with Crippen LogP contribution in [0, 0.1) is 0 Å². The molecule has 0 radical (unpaired) electrons. The molecule has 1 aliphatic heterocycles. The van der Waals surface area contributed by atoms with Gasteiger partial charge in [-0.2, -0.15) is 4.98 Å². The molecule has 0 unspecified atom stereocenters. The number of rotatable bonds is 6. The zero-order chi connectivity index (χ0) is 17.1. The highest BCUT2D eigenvalue weighted by atomic mass is 16.5. The molecule has 132 valence electrons. The van der Waals surface area contributed by atoms with Crippen LogP contribution in [0.1, 0.15) is 29.2 Å². The largest absolute Gasteiger partial charge is 0.395 e. The maximum absolute atomic E-state index is 9.05. The molecule has 1 saturated heterocycles. The van der Waals surface area contributed by atoms with Gasteiger partial charge in [-0.25, -0.2) is 4.98 Å². The van der Waals surface area contributed by atoms with E-state index in [1.165, 1.54) is 11.1 Å². The van der Waals surface area contributed by atoms with Crippen molar-refractivity contribution in [2.45, 2.75) is 31.2 Å². The van der Waals surface area contributed by atoms with E-state index < -0.39 is 0 Å². The first-order valence-electron chi connectivity index (χ1n) is 8.96. The summed E-state index contributed by atoms with van der Waals surface area (Å²) in [6.07, 6.45) is 3.02. The van der Waals surface area contributed by atoms with Crippen molar-refractivity contribution in [3.05, 3.63) is 47.2 Å². The Hall–Kier alpha value is -2.18. The third-order valence-electron chi connectivity index (χ3n) is 4.89. The van der Waals surface area contributed by atoms with Crippen molar-refractivity contribution in [2.75, 3.05) is 37.0 Å². The van der Waals surface area contributed by atoms with E-state index in [0.717, 1.165) is 37.4 Å². The second kappa shape index (κ2) is 7.37. The molecule has 6 heteroatoms. The molecule has 2 aliphatic rings. The van der Waals surface area contributed by atoms with Crippen molar-refractivity contribution in [3.63, 3.8) is 0 Å². The molecule has 0 amide bonds. The zero-order valence-corrected chi connectivity index (χ0v) is 14.2. The van der Waals surface area contributed by atoms with Gasteiger partial charge in [0.05, 0.1) is 18.9 Å². The van der Waals surface area contributed by atoms with E-state index >= 15 is 0 Å². The fourth-order valence-electron chi connectivity index (χ4n) is 3.63. The van der Waals surface area contributed by atoms with Gasteiger partial charge in [0, 0.05) is 31.2 Å². The van der Waals surface area contributed by atoms with Crippen molar-refractivity contribution < 1.29 is 9.84 Å². The van der Waals surface area contributed by atoms with Crippen LogP contribution >= 0.6 is 0 Å². The van der Waals surface area contributed by atoms with Gasteiger partial charge in [0.2, 0.25) is 5.95 Å². The van der Waals surface area contributed by atoms with Crippen molar-refractivity contribution in [1.29, 1.82) is 0 Å². The molecule has 0 spiro atoms. The minimum Gasteiger partial charge on any atom is -0.395 e. The third kappa shape index (κ3) is 3.75. The van der Waals surface area contributed by atoms with Crippen LogP contribution in [0.2, 0.25) is 0 Å². The molecule has 1 fully saturated rings. The van der Waals surface area contributed by atoms with Crippen molar-refractivity contribution in [3.8, 4) is 0 Å². The Morgan fingerprint density at radius 3 is 2.64 bits per heavy atom. The summed E-state index contributed by atoms with van der Waals surface area (Å²) in [6, 6.07) is 11.0. The Bertz CT molecular complexity index is 706. The average Bonchev–Trinajstić information content (AvgIpc) is 3.29. The average molecular weight is 340 g/mol. The van der Waals surface area contributed by atoms with E-state index in [-0.39, 0.29) is 6.61 Å². The summed E-state index contributed by atoms with van der Waals surface area (Å²) in [4.78, 5) is 9.20. The number of fused-ring (bicyclic) bond motifs is 1. The van der Waals surface area contributed by atoms with E-state index in [9.17, 15) is 0 Å². The van der Waals surface area contributed by atoms with Crippen molar-refractivity contribution >= 4 is 11.8 Å². The molecule has 2 heterocycles. The fourth-order valence-corrected chi connectivity index (χ4v) is 3.63. The molecule has 0 saturated carbocycles. The highest BCUT2D eigenvalue weighted by Gasteiger charge is 2.24. The molecule has 2 aromatic rings. The number of aromatic nitrogens is 2. The first-order valence-corrected chi connectivity index (χ1v) is 8.96. The van der Waals surface area contributed by atoms with Crippen LogP contribution in [0.4, 0.5) is 11.8 Å². The smallest absolute Gasteiger partial charge is 0.224 e. The van der Waals surface area contributed by atoms with Gasteiger partial charge in [-0.3, -0.25) is 0 Å². The van der Waals surface area contributed by atoms with E-state index in [0.29, 0.717) is 31.1 Å². The maximum atomic E-state index is 9.05.